The van der Waals surface area contributed by atoms with Gasteiger partial charge in [-0.25, -0.2) is 15.0 Å². The third-order valence-electron chi connectivity index (χ3n) is 5.23. The topological polar surface area (TPSA) is 60.9 Å². The lowest BCUT2D eigenvalue weighted by Gasteiger charge is -2.33. The molecule has 0 amide bonds. The Morgan fingerprint density at radius 1 is 1.00 bits per heavy atom. The van der Waals surface area contributed by atoms with E-state index in [1.54, 1.807) is 6.33 Å². The summed E-state index contributed by atoms with van der Waals surface area (Å²) in [5.74, 6) is 1.01. The van der Waals surface area contributed by atoms with Crippen LogP contribution in [0, 0.1) is 0 Å². The van der Waals surface area contributed by atoms with Crippen LogP contribution in [0.1, 0.15) is 0 Å². The Bertz CT molecular complexity index is 1130. The van der Waals surface area contributed by atoms with Gasteiger partial charge >= 0.3 is 0 Å². The molecule has 0 radical (unpaired) electrons. The van der Waals surface area contributed by atoms with Crippen LogP contribution in [0.3, 0.4) is 0 Å². The molecule has 0 aliphatic carbocycles. The van der Waals surface area contributed by atoms with E-state index in [1.165, 1.54) is 0 Å². The third kappa shape index (κ3) is 2.91. The summed E-state index contributed by atoms with van der Waals surface area (Å²) in [6.45, 7) is 4.03. The highest BCUT2D eigenvalue weighted by Gasteiger charge is 2.18. The Morgan fingerprint density at radius 3 is 2.70 bits per heavy atom. The summed E-state index contributed by atoms with van der Waals surface area (Å²) in [6.07, 6.45) is 3.64. The van der Waals surface area contributed by atoms with Crippen molar-refractivity contribution >= 4 is 39.4 Å². The first kappa shape index (κ1) is 16.5. The lowest BCUT2D eigenvalue weighted by molar-refractivity contribution is 0.312. The van der Waals surface area contributed by atoms with Crippen LogP contribution in [0.15, 0.2) is 42.9 Å². The summed E-state index contributed by atoms with van der Waals surface area (Å²) < 4.78 is 0. The molecule has 1 aromatic carbocycles. The SMILES string of the molecule is CN1CCN(c2ncnc3ccc(-c4c[nH]c5nc(Cl)ccc45)cc23)CC1. The summed E-state index contributed by atoms with van der Waals surface area (Å²) >= 11 is 6.01. The van der Waals surface area contributed by atoms with Crippen molar-refractivity contribution in [2.24, 2.45) is 0 Å². The predicted octanol–water partition coefficient (Wildman–Crippen LogP) is 3.58. The first-order valence-electron chi connectivity index (χ1n) is 9.01. The van der Waals surface area contributed by atoms with E-state index in [0.29, 0.717) is 5.15 Å². The quantitative estimate of drug-likeness (QED) is 0.540. The third-order valence-corrected chi connectivity index (χ3v) is 5.44. The summed E-state index contributed by atoms with van der Waals surface area (Å²) in [6, 6.07) is 10.2. The van der Waals surface area contributed by atoms with Crippen LogP contribution >= 0.6 is 11.6 Å². The molecule has 4 heterocycles. The first-order chi connectivity index (χ1) is 13.2. The molecule has 0 spiro atoms. The minimum atomic E-state index is 0.486. The number of nitrogens with one attached hydrogen (secondary N) is 1. The Balaban J connectivity index is 1.63. The van der Waals surface area contributed by atoms with Gasteiger partial charge in [-0.3, -0.25) is 0 Å². The molecule has 6 nitrogen and oxygen atoms in total. The van der Waals surface area contributed by atoms with Crippen LogP contribution in [-0.4, -0.2) is 58.1 Å². The van der Waals surface area contributed by atoms with Crippen LogP contribution in [0.25, 0.3) is 33.1 Å². The van der Waals surface area contributed by atoms with Gasteiger partial charge in [0.05, 0.1) is 5.52 Å². The standard InChI is InChI=1S/C20H19ClN6/c1-26-6-8-27(9-7-26)20-15-10-13(2-4-17(15)23-12-24-20)16-11-22-19-14(16)3-5-18(21)25-19/h2-5,10-12H,6-9H2,1H3,(H,22,25). The number of nitrogens with zero attached hydrogens (tertiary/aromatic N) is 5. The molecule has 1 fully saturated rings. The number of aromatic amines is 1. The fraction of sp³-hybridized carbons (Fsp3) is 0.250. The molecule has 1 aliphatic heterocycles. The molecule has 3 aromatic heterocycles. The van der Waals surface area contributed by atoms with E-state index < -0.39 is 0 Å². The minimum Gasteiger partial charge on any atom is -0.353 e. The van der Waals surface area contributed by atoms with Crippen molar-refractivity contribution in [3.05, 3.63) is 48.0 Å². The molecular weight excluding hydrogens is 360 g/mol. The number of likely N-dealkylation sites (N-methyl/N-ethyl adjacent to an activating group) is 1. The van der Waals surface area contributed by atoms with Crippen molar-refractivity contribution < 1.29 is 0 Å². The number of pyridine rings is 1. The molecule has 0 saturated carbocycles. The number of fused-ring (bicyclic) bond motifs is 2. The van der Waals surface area contributed by atoms with E-state index in [9.17, 15) is 0 Å². The number of rotatable bonds is 2. The second-order valence-electron chi connectivity index (χ2n) is 6.95. The van der Waals surface area contributed by atoms with Gasteiger partial charge in [-0.05, 0) is 36.9 Å². The second-order valence-corrected chi connectivity index (χ2v) is 7.34. The molecular formula is C20H19ClN6. The van der Waals surface area contributed by atoms with Gasteiger partial charge in [-0.2, -0.15) is 0 Å². The normalized spacial score (nSPS) is 15.7. The van der Waals surface area contributed by atoms with E-state index >= 15 is 0 Å². The molecule has 4 aromatic rings. The molecule has 7 heteroatoms. The second kappa shape index (κ2) is 6.48. The largest absolute Gasteiger partial charge is 0.353 e. The highest BCUT2D eigenvalue weighted by Crippen LogP contribution is 2.33. The maximum absolute atomic E-state index is 6.01. The summed E-state index contributed by atoms with van der Waals surface area (Å²) in [5.41, 5.74) is 3.97. The van der Waals surface area contributed by atoms with Crippen molar-refractivity contribution in [3.8, 4) is 11.1 Å². The summed E-state index contributed by atoms with van der Waals surface area (Å²) in [7, 11) is 2.16. The number of anilines is 1. The molecule has 136 valence electrons. The summed E-state index contributed by atoms with van der Waals surface area (Å²) in [5, 5.41) is 2.62. The Kier molecular flexibility index (Phi) is 3.95. The van der Waals surface area contributed by atoms with Gasteiger partial charge in [0.1, 0.15) is 22.9 Å². The molecule has 0 unspecified atom stereocenters. The van der Waals surface area contributed by atoms with Crippen LogP contribution < -0.4 is 4.90 Å². The Morgan fingerprint density at radius 2 is 1.85 bits per heavy atom. The summed E-state index contributed by atoms with van der Waals surface area (Å²) in [4.78, 5) is 21.3. The number of halogens is 1. The number of hydrogen-bond acceptors (Lipinski definition) is 5. The zero-order valence-corrected chi connectivity index (χ0v) is 15.7. The Labute approximate surface area is 161 Å². The molecule has 0 bridgehead atoms. The van der Waals surface area contributed by atoms with Gasteiger partial charge in [0.25, 0.3) is 0 Å². The van der Waals surface area contributed by atoms with Gasteiger partial charge in [0, 0.05) is 48.7 Å². The van der Waals surface area contributed by atoms with Crippen LogP contribution in [0.5, 0.6) is 0 Å². The number of H-pyrrole nitrogens is 1. The minimum absolute atomic E-state index is 0.486. The predicted molar refractivity (Wildman–Crippen MR) is 109 cm³/mol. The van der Waals surface area contributed by atoms with Crippen LogP contribution in [0.2, 0.25) is 5.15 Å². The maximum atomic E-state index is 6.01. The van der Waals surface area contributed by atoms with Gasteiger partial charge in [-0.15, -0.1) is 0 Å². The van der Waals surface area contributed by atoms with E-state index in [2.05, 4.69) is 55.0 Å². The molecule has 1 N–H and O–H groups in total. The fourth-order valence-corrected chi connectivity index (χ4v) is 3.85. The van der Waals surface area contributed by atoms with Gasteiger partial charge in [-0.1, -0.05) is 17.7 Å². The van der Waals surface area contributed by atoms with Gasteiger partial charge in [0.15, 0.2) is 0 Å². The molecule has 1 aliphatic rings. The highest BCUT2D eigenvalue weighted by atomic mass is 35.5. The smallest absolute Gasteiger partial charge is 0.139 e. The molecule has 0 atom stereocenters. The monoisotopic (exact) mass is 378 g/mol. The zero-order chi connectivity index (χ0) is 18.4. The number of piperazine rings is 1. The van der Waals surface area contributed by atoms with Crippen LogP contribution in [0.4, 0.5) is 5.82 Å². The van der Waals surface area contributed by atoms with Crippen molar-refractivity contribution in [2.75, 3.05) is 38.1 Å². The lowest BCUT2D eigenvalue weighted by Crippen LogP contribution is -2.44. The molecule has 27 heavy (non-hydrogen) atoms. The van der Waals surface area contributed by atoms with Crippen molar-refractivity contribution in [3.63, 3.8) is 0 Å². The first-order valence-corrected chi connectivity index (χ1v) is 9.39. The fourth-order valence-electron chi connectivity index (χ4n) is 3.70. The average molecular weight is 379 g/mol. The van der Waals surface area contributed by atoms with Crippen molar-refractivity contribution in [1.82, 2.24) is 24.8 Å². The van der Waals surface area contributed by atoms with Crippen molar-refractivity contribution in [2.45, 2.75) is 0 Å². The number of aromatic nitrogens is 4. The maximum Gasteiger partial charge on any atom is 0.139 e. The Hall–Kier alpha value is -2.70. The van der Waals surface area contributed by atoms with Gasteiger partial charge in [0.2, 0.25) is 0 Å². The van der Waals surface area contributed by atoms with E-state index in [4.69, 9.17) is 11.6 Å². The zero-order valence-electron chi connectivity index (χ0n) is 15.0. The number of hydrogen-bond donors (Lipinski definition) is 1. The van der Waals surface area contributed by atoms with Gasteiger partial charge < -0.3 is 14.8 Å². The van der Waals surface area contributed by atoms with Crippen molar-refractivity contribution in [1.29, 1.82) is 0 Å². The molecule has 5 rings (SSSR count). The average Bonchev–Trinajstić information content (AvgIpc) is 3.11. The highest BCUT2D eigenvalue weighted by molar-refractivity contribution is 6.29. The number of benzene rings is 1. The van der Waals surface area contributed by atoms with Crippen LogP contribution in [-0.2, 0) is 0 Å². The van der Waals surface area contributed by atoms with E-state index in [0.717, 1.165) is 65.1 Å². The molecule has 1 saturated heterocycles. The van der Waals surface area contributed by atoms with E-state index in [1.807, 2.05) is 18.3 Å². The lowest BCUT2D eigenvalue weighted by atomic mass is 10.0. The van der Waals surface area contributed by atoms with E-state index in [-0.39, 0.29) is 0 Å².